The number of para-hydroxylation sites is 1. The van der Waals surface area contributed by atoms with Crippen molar-refractivity contribution < 1.29 is 0 Å². The number of hydrogen-bond donors (Lipinski definition) is 0. The van der Waals surface area contributed by atoms with Gasteiger partial charge in [-0.3, -0.25) is 0 Å². The molecule has 0 N–H and O–H groups in total. The molecule has 0 amide bonds. The van der Waals surface area contributed by atoms with Crippen molar-refractivity contribution in [3.8, 4) is 44.5 Å². The summed E-state index contributed by atoms with van der Waals surface area (Å²) in [4.78, 5) is 4.71. The van der Waals surface area contributed by atoms with Gasteiger partial charge in [0.15, 0.2) is 0 Å². The van der Waals surface area contributed by atoms with Crippen molar-refractivity contribution in [1.82, 2.24) is 4.57 Å². The van der Waals surface area contributed by atoms with Crippen LogP contribution >= 0.6 is 0 Å². The maximum absolute atomic E-state index is 3.85. The van der Waals surface area contributed by atoms with Gasteiger partial charge < -0.3 is 14.4 Å². The maximum Gasteiger partial charge on any atom is 0.0515 e. The summed E-state index contributed by atoms with van der Waals surface area (Å²) in [6, 6.07) is 92.0. The van der Waals surface area contributed by atoms with E-state index in [-0.39, 0.29) is 0 Å². The summed E-state index contributed by atoms with van der Waals surface area (Å²) in [6.45, 7) is 4.60. The molecule has 11 aromatic rings. The van der Waals surface area contributed by atoms with E-state index in [1.54, 1.807) is 0 Å². The Morgan fingerprint density at radius 2 is 0.634 bits per heavy atom. The third kappa shape index (κ3) is 9.50. The zero-order valence-electron chi connectivity index (χ0n) is 39.6. The zero-order chi connectivity index (χ0) is 47.8. The van der Waals surface area contributed by atoms with Crippen LogP contribution in [0, 0.1) is 0 Å². The SMILES string of the molecule is C=CC/C=C\C=C/Cn1c2ccccc2c2ccc(N(c3ccc(-c4ccccc4)cc3)c3ccc(-c4ccc(N(c5ccc(-c6ccccc6)cc5)c5ccc(-c6ccccc6)cc5)cc4)cc3)cc21. The Bertz CT molecular complexity index is 3510. The van der Waals surface area contributed by atoms with Crippen molar-refractivity contribution in [1.29, 1.82) is 0 Å². The van der Waals surface area contributed by atoms with Crippen molar-refractivity contribution in [3.05, 3.63) is 292 Å². The number of anilines is 6. The minimum absolute atomic E-state index is 0.754. The molecule has 0 bridgehead atoms. The molecule has 340 valence electrons. The quantitative estimate of drug-likeness (QED) is 0.0750. The van der Waals surface area contributed by atoms with Gasteiger partial charge in [0.1, 0.15) is 0 Å². The van der Waals surface area contributed by atoms with Crippen LogP contribution in [0.1, 0.15) is 6.42 Å². The van der Waals surface area contributed by atoms with Crippen molar-refractivity contribution >= 4 is 55.9 Å². The Labute approximate surface area is 417 Å². The van der Waals surface area contributed by atoms with Gasteiger partial charge in [0, 0.05) is 57.0 Å². The van der Waals surface area contributed by atoms with Crippen molar-refractivity contribution in [2.45, 2.75) is 13.0 Å². The van der Waals surface area contributed by atoms with E-state index in [1.807, 2.05) is 6.08 Å². The zero-order valence-corrected chi connectivity index (χ0v) is 39.6. The lowest BCUT2D eigenvalue weighted by atomic mass is 10.0. The lowest BCUT2D eigenvalue weighted by Crippen LogP contribution is -2.10. The lowest BCUT2D eigenvalue weighted by Gasteiger charge is -2.27. The number of rotatable bonds is 15. The molecule has 0 aliphatic rings. The molecule has 0 aliphatic heterocycles. The van der Waals surface area contributed by atoms with Gasteiger partial charge in [-0.1, -0.05) is 206 Å². The summed E-state index contributed by atoms with van der Waals surface area (Å²) in [5.41, 5.74) is 18.4. The van der Waals surface area contributed by atoms with Gasteiger partial charge in [-0.05, 0) is 130 Å². The average Bonchev–Trinajstić information content (AvgIpc) is 3.76. The fraction of sp³-hybridized carbons (Fsp3) is 0.0294. The molecule has 0 aliphatic carbocycles. The Balaban J connectivity index is 0.937. The smallest absolute Gasteiger partial charge is 0.0515 e. The Kier molecular flexibility index (Phi) is 12.9. The summed E-state index contributed by atoms with van der Waals surface area (Å²) in [6.07, 6.45) is 11.4. The van der Waals surface area contributed by atoms with Gasteiger partial charge in [0.2, 0.25) is 0 Å². The minimum atomic E-state index is 0.754. The standard InChI is InChI=1S/C68H53N3/c1-2-3-4-5-6-18-49-69-67-26-17-16-25-65(67)66-48-47-64(50-68(66)69)71(62-43-31-56(32-44-62)53-23-14-9-15-24-53)63-45-35-58(36-46-63)57-33-41-61(42-34-57)70(59-37-27-54(28-38-59)51-19-10-7-11-20-51)60-39-29-55(30-40-60)52-21-12-8-13-22-52/h2,4-48,50H,1,3,49H2/b5-4-,18-6-. The first-order chi connectivity index (χ1) is 35.2. The summed E-state index contributed by atoms with van der Waals surface area (Å²) in [7, 11) is 0. The van der Waals surface area contributed by atoms with Gasteiger partial charge >= 0.3 is 0 Å². The highest BCUT2D eigenvalue weighted by atomic mass is 15.1. The normalized spacial score (nSPS) is 11.4. The fourth-order valence-electron chi connectivity index (χ4n) is 9.67. The van der Waals surface area contributed by atoms with Crippen LogP contribution in [-0.2, 0) is 6.54 Å². The third-order valence-electron chi connectivity index (χ3n) is 13.3. The fourth-order valence-corrected chi connectivity index (χ4v) is 9.67. The lowest BCUT2D eigenvalue weighted by molar-refractivity contribution is 0.899. The van der Waals surface area contributed by atoms with E-state index in [4.69, 9.17) is 0 Å². The second-order valence-electron chi connectivity index (χ2n) is 17.7. The molecule has 71 heavy (non-hydrogen) atoms. The molecular weight excluding hydrogens is 859 g/mol. The van der Waals surface area contributed by atoms with Gasteiger partial charge in [-0.2, -0.15) is 0 Å². The highest BCUT2D eigenvalue weighted by Crippen LogP contribution is 2.41. The highest BCUT2D eigenvalue weighted by Gasteiger charge is 2.18. The number of aromatic nitrogens is 1. The van der Waals surface area contributed by atoms with Crippen LogP contribution in [0.3, 0.4) is 0 Å². The summed E-state index contributed by atoms with van der Waals surface area (Å²) >= 11 is 0. The predicted molar refractivity (Wildman–Crippen MR) is 304 cm³/mol. The van der Waals surface area contributed by atoms with Crippen LogP contribution in [0.5, 0.6) is 0 Å². The number of hydrogen-bond acceptors (Lipinski definition) is 2. The van der Waals surface area contributed by atoms with Crippen molar-refractivity contribution in [2.24, 2.45) is 0 Å². The first-order valence-corrected chi connectivity index (χ1v) is 24.4. The van der Waals surface area contributed by atoms with E-state index in [2.05, 4.69) is 300 Å². The molecular formula is C68H53N3. The van der Waals surface area contributed by atoms with E-state index in [1.165, 1.54) is 55.2 Å². The predicted octanol–water partition coefficient (Wildman–Crippen LogP) is 19.1. The second-order valence-corrected chi connectivity index (χ2v) is 17.7. The Hall–Kier alpha value is -9.18. The third-order valence-corrected chi connectivity index (χ3v) is 13.3. The van der Waals surface area contributed by atoms with Crippen molar-refractivity contribution in [2.75, 3.05) is 9.80 Å². The molecule has 3 heteroatoms. The van der Waals surface area contributed by atoms with Crippen molar-refractivity contribution in [3.63, 3.8) is 0 Å². The van der Waals surface area contributed by atoms with E-state index in [0.29, 0.717) is 0 Å². The topological polar surface area (TPSA) is 11.4 Å². The van der Waals surface area contributed by atoms with Gasteiger partial charge in [-0.25, -0.2) is 0 Å². The minimum Gasteiger partial charge on any atom is -0.337 e. The summed E-state index contributed by atoms with van der Waals surface area (Å²) in [5, 5.41) is 2.49. The Morgan fingerprint density at radius 3 is 1.04 bits per heavy atom. The average molecular weight is 912 g/mol. The van der Waals surface area contributed by atoms with Crippen LogP contribution in [0.4, 0.5) is 34.1 Å². The number of allylic oxidation sites excluding steroid dienone is 5. The molecule has 0 radical (unpaired) electrons. The molecule has 0 atom stereocenters. The number of nitrogens with zero attached hydrogens (tertiary/aromatic N) is 3. The molecule has 0 spiro atoms. The maximum atomic E-state index is 3.85. The summed E-state index contributed by atoms with van der Waals surface area (Å²) in [5.74, 6) is 0. The largest absolute Gasteiger partial charge is 0.337 e. The molecule has 1 heterocycles. The highest BCUT2D eigenvalue weighted by molar-refractivity contribution is 6.09. The number of fused-ring (bicyclic) bond motifs is 3. The van der Waals surface area contributed by atoms with E-state index in [0.717, 1.165) is 58.2 Å². The first kappa shape index (κ1) is 44.3. The number of benzene rings is 10. The van der Waals surface area contributed by atoms with Gasteiger partial charge in [0.25, 0.3) is 0 Å². The molecule has 0 saturated carbocycles. The van der Waals surface area contributed by atoms with Crippen LogP contribution < -0.4 is 9.80 Å². The Morgan fingerprint density at radius 1 is 0.310 bits per heavy atom. The van der Waals surface area contributed by atoms with Crippen LogP contribution in [0.2, 0.25) is 0 Å². The van der Waals surface area contributed by atoms with Crippen LogP contribution in [0.25, 0.3) is 66.3 Å². The molecule has 3 nitrogen and oxygen atoms in total. The van der Waals surface area contributed by atoms with Crippen LogP contribution in [-0.4, -0.2) is 4.57 Å². The van der Waals surface area contributed by atoms with E-state index in [9.17, 15) is 0 Å². The van der Waals surface area contributed by atoms with Gasteiger partial charge in [-0.15, -0.1) is 6.58 Å². The molecule has 0 saturated heterocycles. The second kappa shape index (κ2) is 20.6. The molecule has 0 unspecified atom stereocenters. The monoisotopic (exact) mass is 911 g/mol. The molecule has 1 aromatic heterocycles. The molecule has 11 rings (SSSR count). The van der Waals surface area contributed by atoms with E-state index < -0.39 is 0 Å². The first-order valence-electron chi connectivity index (χ1n) is 24.4. The van der Waals surface area contributed by atoms with Gasteiger partial charge in [0.05, 0.1) is 5.52 Å². The summed E-state index contributed by atoms with van der Waals surface area (Å²) < 4.78 is 2.43. The van der Waals surface area contributed by atoms with Crippen LogP contribution in [0.15, 0.2) is 292 Å². The van der Waals surface area contributed by atoms with E-state index >= 15 is 0 Å². The molecule has 0 fully saturated rings. The molecule has 10 aromatic carbocycles.